The second-order valence-electron chi connectivity index (χ2n) is 16.3. The Hall–Kier alpha value is -0.650. The van der Waals surface area contributed by atoms with Crippen LogP contribution in [0.2, 0.25) is 0 Å². The third-order valence-corrected chi connectivity index (χ3v) is 11.2. The van der Waals surface area contributed by atoms with Crippen molar-refractivity contribution in [2.75, 3.05) is 6.61 Å². The van der Waals surface area contributed by atoms with Crippen LogP contribution in [-0.4, -0.2) is 46.1 Å². The van der Waals surface area contributed by atoms with Gasteiger partial charge in [0.15, 0.2) is 0 Å². The number of amides is 1. The standard InChI is InChI=1S/C46H93NO4/c1-3-5-7-9-11-13-15-17-19-21-23-25-26-28-30-32-34-36-38-40-44(49)43(42-48)47-46(51)45(50)41-39-37-35-33-31-29-27-24-22-20-18-16-14-12-10-8-6-4-2/h43-45,48-50H,3-42H2,1-2H3,(H,47,51). The molecule has 0 saturated heterocycles. The first-order valence-electron chi connectivity index (χ1n) is 23.3. The maximum absolute atomic E-state index is 12.5. The van der Waals surface area contributed by atoms with Crippen LogP contribution in [0.1, 0.15) is 264 Å². The summed E-state index contributed by atoms with van der Waals surface area (Å²) in [6.07, 6.45) is 48.2. The molecule has 0 heterocycles. The van der Waals surface area contributed by atoms with Crippen LogP contribution < -0.4 is 5.32 Å². The molecule has 0 bridgehead atoms. The number of carbonyl (C=O) groups is 1. The zero-order valence-electron chi connectivity index (χ0n) is 34.8. The first kappa shape index (κ1) is 50.4. The monoisotopic (exact) mass is 724 g/mol. The average Bonchev–Trinajstić information content (AvgIpc) is 3.13. The van der Waals surface area contributed by atoms with E-state index >= 15 is 0 Å². The highest BCUT2D eigenvalue weighted by molar-refractivity contribution is 5.80. The summed E-state index contributed by atoms with van der Waals surface area (Å²) < 4.78 is 0. The van der Waals surface area contributed by atoms with Crippen molar-refractivity contribution in [3.63, 3.8) is 0 Å². The molecule has 5 nitrogen and oxygen atoms in total. The van der Waals surface area contributed by atoms with Gasteiger partial charge in [0.25, 0.3) is 0 Å². The maximum atomic E-state index is 12.5. The molecule has 4 N–H and O–H groups in total. The molecule has 0 spiro atoms. The smallest absolute Gasteiger partial charge is 0.249 e. The normalized spacial score (nSPS) is 13.4. The molecule has 0 radical (unpaired) electrons. The molecule has 0 fully saturated rings. The van der Waals surface area contributed by atoms with Crippen molar-refractivity contribution in [1.82, 2.24) is 5.32 Å². The summed E-state index contributed by atoms with van der Waals surface area (Å²) >= 11 is 0. The Morgan fingerprint density at radius 2 is 0.627 bits per heavy atom. The minimum absolute atomic E-state index is 0.308. The van der Waals surface area contributed by atoms with Crippen molar-refractivity contribution in [2.24, 2.45) is 0 Å². The van der Waals surface area contributed by atoms with E-state index in [2.05, 4.69) is 19.2 Å². The van der Waals surface area contributed by atoms with Crippen molar-refractivity contribution in [3.8, 4) is 0 Å². The number of aliphatic hydroxyl groups excluding tert-OH is 3. The largest absolute Gasteiger partial charge is 0.394 e. The highest BCUT2D eigenvalue weighted by Crippen LogP contribution is 2.17. The number of hydrogen-bond acceptors (Lipinski definition) is 4. The van der Waals surface area contributed by atoms with Crippen LogP contribution in [0.25, 0.3) is 0 Å². The number of aliphatic hydroxyl groups is 3. The zero-order valence-corrected chi connectivity index (χ0v) is 34.8. The lowest BCUT2D eigenvalue weighted by molar-refractivity contribution is -0.131. The van der Waals surface area contributed by atoms with E-state index in [1.54, 1.807) is 0 Å². The Balaban J connectivity index is 3.56. The molecule has 1 amide bonds. The average molecular weight is 724 g/mol. The molecule has 0 saturated carbocycles. The van der Waals surface area contributed by atoms with E-state index in [1.807, 2.05) is 0 Å². The maximum Gasteiger partial charge on any atom is 0.249 e. The molecule has 3 atom stereocenters. The van der Waals surface area contributed by atoms with Gasteiger partial charge >= 0.3 is 0 Å². The zero-order chi connectivity index (χ0) is 37.3. The molecule has 51 heavy (non-hydrogen) atoms. The summed E-state index contributed by atoms with van der Waals surface area (Å²) in [6.45, 7) is 4.26. The Bertz CT molecular complexity index is 674. The fraction of sp³-hybridized carbons (Fsp3) is 0.978. The van der Waals surface area contributed by atoms with Gasteiger partial charge in [0.2, 0.25) is 5.91 Å². The summed E-state index contributed by atoms with van der Waals surface area (Å²) in [5.41, 5.74) is 0. The Morgan fingerprint density at radius 3 is 0.882 bits per heavy atom. The molecular formula is C46H93NO4. The Morgan fingerprint density at radius 1 is 0.392 bits per heavy atom. The molecule has 0 rings (SSSR count). The summed E-state index contributed by atoms with van der Waals surface area (Å²) in [4.78, 5) is 12.5. The van der Waals surface area contributed by atoms with Gasteiger partial charge in [-0.05, 0) is 12.8 Å². The lowest BCUT2D eigenvalue weighted by atomic mass is 10.0. The number of rotatable bonds is 43. The van der Waals surface area contributed by atoms with E-state index < -0.39 is 24.2 Å². The van der Waals surface area contributed by atoms with Crippen molar-refractivity contribution < 1.29 is 20.1 Å². The third kappa shape index (κ3) is 37.5. The number of carbonyl (C=O) groups excluding carboxylic acids is 1. The van der Waals surface area contributed by atoms with Gasteiger partial charge in [-0.15, -0.1) is 0 Å². The second kappa shape index (κ2) is 42.1. The van der Waals surface area contributed by atoms with Crippen LogP contribution in [0.5, 0.6) is 0 Å². The molecule has 0 aromatic carbocycles. The Labute approximate surface area is 319 Å². The van der Waals surface area contributed by atoms with Crippen LogP contribution in [0.4, 0.5) is 0 Å². The van der Waals surface area contributed by atoms with Gasteiger partial charge in [0, 0.05) is 0 Å². The van der Waals surface area contributed by atoms with Gasteiger partial charge in [0.05, 0.1) is 18.8 Å². The molecule has 3 unspecified atom stereocenters. The molecule has 306 valence electrons. The fourth-order valence-corrected chi connectivity index (χ4v) is 7.55. The Kier molecular flexibility index (Phi) is 41.6. The van der Waals surface area contributed by atoms with Crippen LogP contribution in [-0.2, 0) is 4.79 Å². The van der Waals surface area contributed by atoms with E-state index in [4.69, 9.17) is 0 Å². The summed E-state index contributed by atoms with van der Waals surface area (Å²) in [7, 11) is 0. The SMILES string of the molecule is CCCCCCCCCCCCCCCCCCCCCC(O)C(CO)NC(=O)C(O)CCCCCCCCCCCCCCCCCCCC. The van der Waals surface area contributed by atoms with Gasteiger partial charge in [-0.2, -0.15) is 0 Å². The fourth-order valence-electron chi connectivity index (χ4n) is 7.55. The highest BCUT2D eigenvalue weighted by Gasteiger charge is 2.23. The molecule has 0 aromatic heterocycles. The van der Waals surface area contributed by atoms with Crippen molar-refractivity contribution in [2.45, 2.75) is 283 Å². The van der Waals surface area contributed by atoms with Crippen molar-refractivity contribution in [1.29, 1.82) is 0 Å². The first-order valence-corrected chi connectivity index (χ1v) is 23.3. The van der Waals surface area contributed by atoms with E-state index in [0.29, 0.717) is 12.8 Å². The third-order valence-electron chi connectivity index (χ3n) is 11.2. The van der Waals surface area contributed by atoms with E-state index in [-0.39, 0.29) is 6.61 Å². The quantitative estimate of drug-likeness (QED) is 0.0472. The van der Waals surface area contributed by atoms with Crippen LogP contribution >= 0.6 is 0 Å². The van der Waals surface area contributed by atoms with Gasteiger partial charge < -0.3 is 20.6 Å². The van der Waals surface area contributed by atoms with Crippen molar-refractivity contribution >= 4 is 5.91 Å². The summed E-state index contributed by atoms with van der Waals surface area (Å²) in [6, 6.07) is -0.706. The molecular weight excluding hydrogens is 631 g/mol. The second-order valence-corrected chi connectivity index (χ2v) is 16.3. The molecule has 0 aliphatic heterocycles. The van der Waals surface area contributed by atoms with Crippen LogP contribution in [0, 0.1) is 0 Å². The van der Waals surface area contributed by atoms with Gasteiger partial charge in [-0.25, -0.2) is 0 Å². The van der Waals surface area contributed by atoms with Gasteiger partial charge in [-0.3, -0.25) is 4.79 Å². The minimum Gasteiger partial charge on any atom is -0.394 e. The topological polar surface area (TPSA) is 89.8 Å². The molecule has 0 aliphatic carbocycles. The predicted molar refractivity (Wildman–Crippen MR) is 222 cm³/mol. The predicted octanol–water partition coefficient (Wildman–Crippen LogP) is 13.4. The van der Waals surface area contributed by atoms with Crippen molar-refractivity contribution in [3.05, 3.63) is 0 Å². The van der Waals surface area contributed by atoms with Crippen LogP contribution in [0.15, 0.2) is 0 Å². The van der Waals surface area contributed by atoms with Gasteiger partial charge in [0.1, 0.15) is 6.10 Å². The molecule has 0 aromatic rings. The van der Waals surface area contributed by atoms with E-state index in [1.165, 1.54) is 205 Å². The molecule has 0 aliphatic rings. The van der Waals surface area contributed by atoms with Gasteiger partial charge in [-0.1, -0.05) is 251 Å². The minimum atomic E-state index is -1.07. The summed E-state index contributed by atoms with van der Waals surface area (Å²) in [5.74, 6) is -0.465. The highest BCUT2D eigenvalue weighted by atomic mass is 16.3. The number of hydrogen-bond donors (Lipinski definition) is 4. The lowest BCUT2D eigenvalue weighted by Gasteiger charge is -2.23. The van der Waals surface area contributed by atoms with E-state index in [0.717, 1.165) is 32.1 Å². The van der Waals surface area contributed by atoms with Crippen LogP contribution in [0.3, 0.4) is 0 Å². The summed E-state index contributed by atoms with van der Waals surface area (Å²) in [5, 5.41) is 33.4. The number of nitrogens with one attached hydrogen (secondary N) is 1. The first-order chi connectivity index (χ1) is 25.1. The number of unbranched alkanes of at least 4 members (excludes halogenated alkanes) is 35. The molecule has 5 heteroatoms. The lowest BCUT2D eigenvalue weighted by Crippen LogP contribution is -2.49. The van der Waals surface area contributed by atoms with E-state index in [9.17, 15) is 20.1 Å².